The van der Waals surface area contributed by atoms with Crippen LogP contribution in [0.3, 0.4) is 0 Å². The molecular formula is C20H24N11O13P2-. The number of H-pyrrole nitrogens is 1. The molecule has 24 nitrogen and oxygen atoms in total. The Kier molecular flexibility index (Phi) is 7.39. The van der Waals surface area contributed by atoms with Gasteiger partial charge in [-0.3, -0.25) is 32.5 Å². The van der Waals surface area contributed by atoms with E-state index >= 15 is 0 Å². The summed E-state index contributed by atoms with van der Waals surface area (Å²) in [7, 11) is -10.5. The van der Waals surface area contributed by atoms with Gasteiger partial charge in [0.05, 0.1) is 25.9 Å². The average molecular weight is 688 g/mol. The van der Waals surface area contributed by atoms with E-state index in [1.54, 1.807) is 0 Å². The molecule has 4 aromatic heterocycles. The number of nitrogens with zero attached hydrogens (tertiary/aromatic N) is 7. The summed E-state index contributed by atoms with van der Waals surface area (Å²) in [5.41, 5.74) is 16.2. The molecule has 0 amide bonds. The van der Waals surface area contributed by atoms with Gasteiger partial charge in [0.2, 0.25) is 11.9 Å². The van der Waals surface area contributed by atoms with Gasteiger partial charge in [0.25, 0.3) is 13.4 Å². The number of imidazole rings is 2. The lowest BCUT2D eigenvalue weighted by atomic mass is 10.1. The maximum Gasteiger partial charge on any atom is 0.472 e. The lowest BCUT2D eigenvalue weighted by molar-refractivity contribution is -0.237. The number of nitrogen functional groups attached to an aromatic ring is 3. The molecule has 7 rings (SSSR count). The van der Waals surface area contributed by atoms with E-state index in [1.165, 1.54) is 10.9 Å². The molecule has 3 fully saturated rings. The topological polar surface area (TPSA) is 358 Å². The number of aliphatic hydroxyl groups is 2. The number of nitrogens with one attached hydrogen (secondary N) is 1. The maximum atomic E-state index is 13.1. The molecule has 0 saturated carbocycles. The second-order valence-electron chi connectivity index (χ2n) is 10.3. The first-order valence-electron chi connectivity index (χ1n) is 13.2. The van der Waals surface area contributed by atoms with Crippen molar-refractivity contribution < 1.29 is 56.7 Å². The van der Waals surface area contributed by atoms with Gasteiger partial charge in [-0.15, -0.1) is 0 Å². The number of aliphatic hydroxyl groups excluding tert-OH is 2. The highest BCUT2D eigenvalue weighted by molar-refractivity contribution is 7.47. The summed E-state index contributed by atoms with van der Waals surface area (Å²) in [6.07, 6.45) is -10.9. The molecule has 3 aliphatic rings. The van der Waals surface area contributed by atoms with E-state index in [2.05, 4.69) is 29.9 Å². The lowest BCUT2D eigenvalue weighted by Gasteiger charge is -2.31. The van der Waals surface area contributed by atoms with Gasteiger partial charge in [0, 0.05) is 0 Å². The Morgan fingerprint density at radius 3 is 2.28 bits per heavy atom. The molecule has 3 saturated heterocycles. The monoisotopic (exact) mass is 688 g/mol. The molecule has 0 aromatic carbocycles. The predicted octanol–water partition coefficient (Wildman–Crippen LogP) is -3.39. The minimum Gasteiger partial charge on any atom is -0.756 e. The minimum atomic E-state index is -5.39. The normalized spacial score (nSPS) is 37.1. The van der Waals surface area contributed by atoms with Gasteiger partial charge in [-0.2, -0.15) is 15.0 Å². The summed E-state index contributed by atoms with van der Waals surface area (Å²) in [6.45, 7) is -1.78. The van der Waals surface area contributed by atoms with E-state index in [9.17, 15) is 33.9 Å². The Hall–Kier alpha value is -3.64. The van der Waals surface area contributed by atoms with Crippen LogP contribution in [-0.4, -0.2) is 104 Å². The van der Waals surface area contributed by atoms with Crippen molar-refractivity contribution in [1.82, 2.24) is 39.0 Å². The Bertz CT molecular complexity index is 1990. The molecule has 0 spiro atoms. The van der Waals surface area contributed by atoms with Crippen LogP contribution in [0.2, 0.25) is 0 Å². The number of fused-ring (bicyclic) bond motifs is 5. The average Bonchev–Trinajstić information content (AvgIpc) is 3.72. The zero-order valence-corrected chi connectivity index (χ0v) is 24.7. The number of ether oxygens (including phenoxy) is 2. The number of phosphoric ester groups is 2. The Morgan fingerprint density at radius 1 is 0.870 bits per heavy atom. The van der Waals surface area contributed by atoms with E-state index in [1.807, 2.05) is 0 Å². The quantitative estimate of drug-likeness (QED) is 0.101. The SMILES string of the molecule is Nc1nc(N)c2ncn([C@@H]3O[C@@H]4COP(=O)([O-])O[C@@H]5[C@H](O)[C@@H](COP(=O)(O)O[C@H]4[C@H]3O)O[C@H]5n3cnc4c(=O)[nH]c(N)nc43)c2n1. The molecule has 0 radical (unpaired) electrons. The van der Waals surface area contributed by atoms with Gasteiger partial charge in [-0.05, 0) is 0 Å². The smallest absolute Gasteiger partial charge is 0.472 e. The first-order valence-corrected chi connectivity index (χ1v) is 16.1. The number of nitrogens with two attached hydrogens (primary N) is 3. The van der Waals surface area contributed by atoms with Crippen LogP contribution >= 0.6 is 15.6 Å². The van der Waals surface area contributed by atoms with Crippen LogP contribution < -0.4 is 27.7 Å². The molecule has 248 valence electrons. The second kappa shape index (κ2) is 11.0. The fraction of sp³-hybridized carbons (Fsp3) is 0.500. The summed E-state index contributed by atoms with van der Waals surface area (Å²) < 4.78 is 60.5. The Morgan fingerprint density at radius 2 is 1.52 bits per heavy atom. The summed E-state index contributed by atoms with van der Waals surface area (Å²) in [5, 5.41) is 22.1. The highest BCUT2D eigenvalue weighted by atomic mass is 31.2. The summed E-state index contributed by atoms with van der Waals surface area (Å²) >= 11 is 0. The largest absolute Gasteiger partial charge is 0.756 e. The van der Waals surface area contributed by atoms with Gasteiger partial charge >= 0.3 is 7.82 Å². The highest BCUT2D eigenvalue weighted by Gasteiger charge is 2.53. The Balaban J connectivity index is 1.21. The number of phosphoric acid groups is 2. The van der Waals surface area contributed by atoms with E-state index < -0.39 is 83.5 Å². The van der Waals surface area contributed by atoms with Crippen LogP contribution in [0.25, 0.3) is 22.3 Å². The molecule has 10 N–H and O–H groups in total. The van der Waals surface area contributed by atoms with Crippen molar-refractivity contribution in [1.29, 1.82) is 0 Å². The standard InChI is InChI=1S/C20H25N11O13P2/c21-13-7-14(27-19(22)26-13)30(3-24-7)17-10(33)11-6(42-17)2-40-46(37,38)44-12-9(32)5(1-39-45(35,36)43-11)41-18(12)31-4-25-8-15(31)28-20(23)29-16(8)34/h3-6,9-12,17-18,32-33H,1-2H2,(H,35,36)(H,37,38)(H4,21,22,26,27)(H3,23,28,29,34)/p-1/t5-,6-,9-,10-,11-,12-,17-,18-/m1/s1. The van der Waals surface area contributed by atoms with E-state index in [0.717, 1.165) is 10.9 Å². The number of aromatic amines is 1. The van der Waals surface area contributed by atoms with Crippen LogP contribution in [0, 0.1) is 0 Å². The number of anilines is 3. The van der Waals surface area contributed by atoms with Gasteiger partial charge < -0.3 is 55.7 Å². The number of hydrogen-bond acceptors (Lipinski definition) is 20. The van der Waals surface area contributed by atoms with Crippen LogP contribution in [0.1, 0.15) is 12.5 Å². The lowest BCUT2D eigenvalue weighted by Crippen LogP contribution is -2.37. The molecular weight excluding hydrogens is 664 g/mol. The molecule has 7 heterocycles. The van der Waals surface area contributed by atoms with Gasteiger partial charge in [0.15, 0.2) is 35.1 Å². The first-order chi connectivity index (χ1) is 21.7. The van der Waals surface area contributed by atoms with E-state index in [0.29, 0.717) is 0 Å². The van der Waals surface area contributed by atoms with Crippen molar-refractivity contribution in [2.75, 3.05) is 30.4 Å². The van der Waals surface area contributed by atoms with Gasteiger partial charge in [-0.1, -0.05) is 0 Å². The van der Waals surface area contributed by atoms with Crippen molar-refractivity contribution in [3.63, 3.8) is 0 Å². The van der Waals surface area contributed by atoms with Crippen LogP contribution in [0.4, 0.5) is 17.7 Å². The molecule has 2 bridgehead atoms. The molecule has 2 unspecified atom stereocenters. The van der Waals surface area contributed by atoms with Crippen molar-refractivity contribution in [2.24, 2.45) is 0 Å². The summed E-state index contributed by atoms with van der Waals surface area (Å²) in [4.78, 5) is 58.1. The number of rotatable bonds is 2. The van der Waals surface area contributed by atoms with Crippen LogP contribution in [0.5, 0.6) is 0 Å². The molecule has 46 heavy (non-hydrogen) atoms. The maximum absolute atomic E-state index is 13.1. The fourth-order valence-electron chi connectivity index (χ4n) is 5.37. The van der Waals surface area contributed by atoms with Crippen molar-refractivity contribution >= 4 is 55.7 Å². The third-order valence-electron chi connectivity index (χ3n) is 7.39. The molecule has 26 heteroatoms. The second-order valence-corrected chi connectivity index (χ2v) is 13.1. The third kappa shape index (κ3) is 5.33. The van der Waals surface area contributed by atoms with Crippen LogP contribution in [0.15, 0.2) is 17.4 Å². The van der Waals surface area contributed by atoms with E-state index in [4.69, 9.17) is 44.8 Å². The minimum absolute atomic E-state index is 0.0176. The fourth-order valence-corrected chi connectivity index (χ4v) is 7.26. The molecule has 4 aromatic rings. The summed E-state index contributed by atoms with van der Waals surface area (Å²) in [6, 6.07) is 0. The zero-order chi connectivity index (χ0) is 32.7. The van der Waals surface area contributed by atoms with Crippen molar-refractivity contribution in [2.45, 2.75) is 49.1 Å². The molecule has 3 aliphatic heterocycles. The predicted molar refractivity (Wildman–Crippen MR) is 146 cm³/mol. The third-order valence-corrected chi connectivity index (χ3v) is 9.34. The van der Waals surface area contributed by atoms with Gasteiger partial charge in [0.1, 0.15) is 42.1 Å². The first kappa shape index (κ1) is 31.0. The van der Waals surface area contributed by atoms with Crippen molar-refractivity contribution in [3.8, 4) is 0 Å². The van der Waals surface area contributed by atoms with E-state index in [-0.39, 0.29) is 40.0 Å². The highest BCUT2D eigenvalue weighted by Crippen LogP contribution is 2.52. The number of aromatic nitrogens is 8. The summed E-state index contributed by atoms with van der Waals surface area (Å²) in [5.74, 6) is -0.616. The molecule has 10 atom stereocenters. The van der Waals surface area contributed by atoms with Gasteiger partial charge in [-0.25, -0.2) is 14.5 Å². The van der Waals surface area contributed by atoms with Crippen molar-refractivity contribution in [3.05, 3.63) is 23.0 Å². The Labute approximate surface area is 254 Å². The van der Waals surface area contributed by atoms with Crippen LogP contribution in [-0.2, 0) is 36.7 Å². The molecule has 0 aliphatic carbocycles. The zero-order valence-electron chi connectivity index (χ0n) is 22.9. The number of hydrogen-bond donors (Lipinski definition) is 7.